The van der Waals surface area contributed by atoms with E-state index in [1.165, 1.54) is 5.56 Å². The number of aromatic nitrogens is 3. The molecule has 0 unspecified atom stereocenters. The highest BCUT2D eigenvalue weighted by Crippen LogP contribution is 2.36. The maximum absolute atomic E-state index is 12.6. The first-order chi connectivity index (χ1) is 11.1. The van der Waals surface area contributed by atoms with Crippen molar-refractivity contribution in [3.05, 3.63) is 46.0 Å². The van der Waals surface area contributed by atoms with E-state index in [0.717, 1.165) is 23.6 Å². The van der Waals surface area contributed by atoms with Crippen LogP contribution >= 0.6 is 24.0 Å². The highest BCUT2D eigenvalue weighted by atomic mass is 32.2. The number of nitrogens with zero attached hydrogens (tertiary/aromatic N) is 2. The average Bonchev–Trinajstić information content (AvgIpc) is 2.93. The van der Waals surface area contributed by atoms with Gasteiger partial charge in [0.05, 0.1) is 6.54 Å². The van der Waals surface area contributed by atoms with Crippen LogP contribution in [0, 0.1) is 4.77 Å². The normalized spacial score (nSPS) is 17.1. The Morgan fingerprint density at radius 2 is 2.30 bits per heavy atom. The van der Waals surface area contributed by atoms with Gasteiger partial charge >= 0.3 is 0 Å². The Hall–Kier alpha value is -1.60. The number of thioether (sulfide) groups is 1. The van der Waals surface area contributed by atoms with Gasteiger partial charge in [-0.2, -0.15) is 5.10 Å². The number of hydrogen-bond acceptors (Lipinski definition) is 4. The summed E-state index contributed by atoms with van der Waals surface area (Å²) in [6.45, 7) is 4.47. The first-order valence-electron chi connectivity index (χ1n) is 7.71. The fourth-order valence-corrected chi connectivity index (χ4v) is 4.44. The third kappa shape index (κ3) is 3.35. The van der Waals surface area contributed by atoms with Gasteiger partial charge in [0, 0.05) is 6.04 Å². The molecule has 0 fully saturated rings. The zero-order valence-corrected chi connectivity index (χ0v) is 14.8. The van der Waals surface area contributed by atoms with Gasteiger partial charge in [0.25, 0.3) is 0 Å². The molecule has 122 valence electrons. The monoisotopic (exact) mass is 348 g/mol. The third-order valence-corrected chi connectivity index (χ3v) is 5.48. The second-order valence-electron chi connectivity index (χ2n) is 5.83. The lowest BCUT2D eigenvalue weighted by Gasteiger charge is -2.24. The lowest BCUT2D eigenvalue weighted by molar-refractivity contribution is -0.120. The van der Waals surface area contributed by atoms with Gasteiger partial charge in [-0.1, -0.05) is 24.3 Å². The number of H-pyrrole nitrogens is 1. The molecule has 2 aromatic rings. The number of aromatic amines is 1. The molecular weight excluding hydrogens is 328 g/mol. The summed E-state index contributed by atoms with van der Waals surface area (Å²) in [5.41, 5.74) is 2.40. The Balaban J connectivity index is 1.73. The highest BCUT2D eigenvalue weighted by Gasteiger charge is 2.26. The summed E-state index contributed by atoms with van der Waals surface area (Å²) >= 11 is 6.93. The van der Waals surface area contributed by atoms with E-state index < -0.39 is 0 Å². The molecule has 1 aromatic carbocycles. The van der Waals surface area contributed by atoms with E-state index in [4.69, 9.17) is 12.2 Å². The van der Waals surface area contributed by atoms with Gasteiger partial charge in [-0.3, -0.25) is 9.89 Å². The Morgan fingerprint density at radius 1 is 1.52 bits per heavy atom. The van der Waals surface area contributed by atoms with Crippen molar-refractivity contribution in [2.75, 3.05) is 5.75 Å². The van der Waals surface area contributed by atoms with Gasteiger partial charge in [0.15, 0.2) is 10.6 Å². The summed E-state index contributed by atoms with van der Waals surface area (Å²) in [6, 6.07) is 8.40. The SMILES string of the molecule is CC(C)n1c(CNC(=O)[C@@H]2SCCc3ccccc32)n[nH]c1=S. The molecule has 7 heteroatoms. The van der Waals surface area contributed by atoms with E-state index in [0.29, 0.717) is 11.3 Å². The molecular formula is C16H20N4OS2. The molecule has 0 saturated heterocycles. The molecule has 5 nitrogen and oxygen atoms in total. The minimum absolute atomic E-state index is 0.0337. The zero-order chi connectivity index (χ0) is 16.4. The first kappa shape index (κ1) is 16.3. The van der Waals surface area contributed by atoms with E-state index in [-0.39, 0.29) is 17.2 Å². The van der Waals surface area contributed by atoms with Crippen LogP contribution in [0.1, 0.15) is 42.1 Å². The van der Waals surface area contributed by atoms with E-state index in [1.54, 1.807) is 11.8 Å². The van der Waals surface area contributed by atoms with Crippen molar-refractivity contribution in [3.8, 4) is 0 Å². The molecule has 1 atom stereocenters. The van der Waals surface area contributed by atoms with E-state index in [1.807, 2.05) is 30.5 Å². The minimum atomic E-state index is -0.144. The predicted octanol–water partition coefficient (Wildman–Crippen LogP) is 3.17. The number of nitrogens with one attached hydrogen (secondary N) is 2. The second kappa shape index (κ2) is 6.88. The third-order valence-electron chi connectivity index (χ3n) is 3.95. The Labute approximate surface area is 144 Å². The fraction of sp³-hybridized carbons (Fsp3) is 0.438. The van der Waals surface area contributed by atoms with Crippen molar-refractivity contribution in [1.29, 1.82) is 0 Å². The molecule has 0 aliphatic carbocycles. The molecule has 3 rings (SSSR count). The quantitative estimate of drug-likeness (QED) is 0.833. The van der Waals surface area contributed by atoms with Crippen molar-refractivity contribution in [2.24, 2.45) is 0 Å². The average molecular weight is 348 g/mol. The maximum Gasteiger partial charge on any atom is 0.238 e. The molecule has 23 heavy (non-hydrogen) atoms. The highest BCUT2D eigenvalue weighted by molar-refractivity contribution is 8.00. The van der Waals surface area contributed by atoms with E-state index >= 15 is 0 Å². The number of fused-ring (bicyclic) bond motifs is 1. The zero-order valence-electron chi connectivity index (χ0n) is 13.2. The molecule has 2 heterocycles. The van der Waals surface area contributed by atoms with Gasteiger partial charge in [0.1, 0.15) is 5.25 Å². The van der Waals surface area contributed by atoms with Crippen LogP contribution in [0.2, 0.25) is 0 Å². The number of hydrogen-bond donors (Lipinski definition) is 2. The van der Waals surface area contributed by atoms with Crippen LogP contribution in [-0.4, -0.2) is 26.4 Å². The van der Waals surface area contributed by atoms with Crippen LogP contribution in [-0.2, 0) is 17.8 Å². The smallest absolute Gasteiger partial charge is 0.238 e. The molecule has 0 bridgehead atoms. The minimum Gasteiger partial charge on any atom is -0.348 e. The predicted molar refractivity (Wildman–Crippen MR) is 95.0 cm³/mol. The number of rotatable bonds is 4. The van der Waals surface area contributed by atoms with Gasteiger partial charge < -0.3 is 9.88 Å². The number of amides is 1. The van der Waals surface area contributed by atoms with Gasteiger partial charge in [0.2, 0.25) is 5.91 Å². The van der Waals surface area contributed by atoms with Crippen LogP contribution in [0.15, 0.2) is 24.3 Å². The number of carbonyl (C=O) groups is 1. The van der Waals surface area contributed by atoms with Crippen molar-refractivity contribution < 1.29 is 4.79 Å². The van der Waals surface area contributed by atoms with Crippen LogP contribution in [0.4, 0.5) is 0 Å². The largest absolute Gasteiger partial charge is 0.348 e. The summed E-state index contributed by atoms with van der Waals surface area (Å²) in [4.78, 5) is 12.6. The van der Waals surface area contributed by atoms with E-state index in [9.17, 15) is 4.79 Å². The molecule has 1 amide bonds. The fourth-order valence-electron chi connectivity index (χ4n) is 2.86. The molecule has 2 N–H and O–H groups in total. The summed E-state index contributed by atoms with van der Waals surface area (Å²) in [5, 5.41) is 9.88. The molecule has 0 radical (unpaired) electrons. The summed E-state index contributed by atoms with van der Waals surface area (Å²) in [6.07, 6.45) is 1.02. The lowest BCUT2D eigenvalue weighted by atomic mass is 10.0. The van der Waals surface area contributed by atoms with Gasteiger partial charge in [-0.05, 0) is 49.4 Å². The number of benzene rings is 1. The van der Waals surface area contributed by atoms with Crippen LogP contribution < -0.4 is 5.32 Å². The summed E-state index contributed by atoms with van der Waals surface area (Å²) in [7, 11) is 0. The van der Waals surface area contributed by atoms with Crippen molar-refractivity contribution in [2.45, 2.75) is 38.1 Å². The Kier molecular flexibility index (Phi) is 4.87. The van der Waals surface area contributed by atoms with Gasteiger partial charge in [-0.15, -0.1) is 11.8 Å². The topological polar surface area (TPSA) is 62.7 Å². The maximum atomic E-state index is 12.6. The van der Waals surface area contributed by atoms with Crippen LogP contribution in [0.25, 0.3) is 0 Å². The van der Waals surface area contributed by atoms with Crippen LogP contribution in [0.3, 0.4) is 0 Å². The summed E-state index contributed by atoms with van der Waals surface area (Å²) < 4.78 is 2.51. The standard InChI is InChI=1S/C16H20N4OS2/c1-10(2)20-13(18-19-16(20)22)9-17-15(21)14-12-6-4-3-5-11(12)7-8-23-14/h3-6,10,14H,7-9H2,1-2H3,(H,17,21)(H,19,22)/t14-/m1/s1. The van der Waals surface area contributed by atoms with Gasteiger partial charge in [-0.25, -0.2) is 0 Å². The number of aryl methyl sites for hydroxylation is 1. The Morgan fingerprint density at radius 3 is 3.09 bits per heavy atom. The molecule has 1 aliphatic rings. The molecule has 0 saturated carbocycles. The number of carbonyl (C=O) groups excluding carboxylic acids is 1. The van der Waals surface area contributed by atoms with E-state index in [2.05, 4.69) is 27.6 Å². The first-order valence-corrected chi connectivity index (χ1v) is 9.16. The van der Waals surface area contributed by atoms with Crippen molar-refractivity contribution in [1.82, 2.24) is 20.1 Å². The summed E-state index contributed by atoms with van der Waals surface area (Å²) in [5.74, 6) is 1.76. The van der Waals surface area contributed by atoms with Crippen molar-refractivity contribution in [3.63, 3.8) is 0 Å². The van der Waals surface area contributed by atoms with Crippen LogP contribution in [0.5, 0.6) is 0 Å². The molecule has 0 spiro atoms. The Bertz CT molecular complexity index is 765. The van der Waals surface area contributed by atoms with Crippen molar-refractivity contribution >= 4 is 29.9 Å². The molecule has 1 aromatic heterocycles. The lowest BCUT2D eigenvalue weighted by Crippen LogP contribution is -2.31. The molecule has 1 aliphatic heterocycles. The second-order valence-corrected chi connectivity index (χ2v) is 7.43.